The lowest BCUT2D eigenvalue weighted by molar-refractivity contribution is 0.0724. The summed E-state index contributed by atoms with van der Waals surface area (Å²) in [5, 5.41) is 2.68. The minimum atomic E-state index is -1.51. The van der Waals surface area contributed by atoms with E-state index in [0.29, 0.717) is 41.8 Å². The Hall–Kier alpha value is -2.49. The Morgan fingerprint density at radius 1 is 1.24 bits per heavy atom. The molecular formula is C24H37N5O4S. The van der Waals surface area contributed by atoms with E-state index in [9.17, 15) is 13.8 Å². The molecule has 1 aromatic heterocycles. The quantitative estimate of drug-likeness (QED) is 0.612. The van der Waals surface area contributed by atoms with Crippen LogP contribution in [0.1, 0.15) is 81.4 Å². The molecule has 1 unspecified atom stereocenters. The number of alkyl carbamates (subject to hydrolysis) is 1. The third-order valence-electron chi connectivity index (χ3n) is 6.23. The molecule has 2 saturated heterocycles. The smallest absolute Gasteiger partial charge is 0.407 e. The van der Waals surface area contributed by atoms with E-state index in [2.05, 4.69) is 21.5 Å². The number of carbonyl (C=O) groups excluding carboxylic acids is 2. The Bertz CT molecular complexity index is 953. The first-order valence-electron chi connectivity index (χ1n) is 12.0. The van der Waals surface area contributed by atoms with Gasteiger partial charge in [0.05, 0.1) is 29.7 Å². The highest BCUT2D eigenvalue weighted by Gasteiger charge is 2.28. The number of amides is 2. The number of rotatable bonds is 6. The van der Waals surface area contributed by atoms with E-state index in [0.717, 1.165) is 38.6 Å². The summed E-state index contributed by atoms with van der Waals surface area (Å²) in [6.07, 6.45) is 6.07. The molecule has 2 amide bonds. The van der Waals surface area contributed by atoms with Crippen LogP contribution < -0.4 is 10.2 Å². The summed E-state index contributed by atoms with van der Waals surface area (Å²) in [6.45, 7) is 10.0. The summed E-state index contributed by atoms with van der Waals surface area (Å²) in [5.74, 6) is 0.624. The molecule has 1 aromatic rings. The van der Waals surface area contributed by atoms with Crippen molar-refractivity contribution in [3.63, 3.8) is 0 Å². The first kappa shape index (κ1) is 26.1. The molecule has 0 saturated carbocycles. The van der Waals surface area contributed by atoms with Crippen molar-refractivity contribution < 1.29 is 18.5 Å². The van der Waals surface area contributed by atoms with Crippen LogP contribution in [-0.2, 0) is 22.3 Å². The number of piperidine rings is 1. The number of methoxy groups -OCH3 is 1. The Balaban J connectivity index is 2.11. The maximum Gasteiger partial charge on any atom is 0.407 e. The van der Waals surface area contributed by atoms with Gasteiger partial charge in [-0.15, -0.1) is 0 Å². The minimum absolute atomic E-state index is 0.0620. The average molecular weight is 492 g/mol. The largest absolute Gasteiger partial charge is 0.453 e. The maximum absolute atomic E-state index is 13.7. The van der Waals surface area contributed by atoms with Crippen molar-refractivity contribution in [2.75, 3.05) is 31.6 Å². The van der Waals surface area contributed by atoms with Crippen molar-refractivity contribution in [1.29, 1.82) is 0 Å². The Morgan fingerprint density at radius 3 is 2.53 bits per heavy atom. The first-order chi connectivity index (χ1) is 16.1. The Morgan fingerprint density at radius 2 is 1.94 bits per heavy atom. The highest BCUT2D eigenvalue weighted by atomic mass is 32.2. The molecule has 2 aliphatic rings. The van der Waals surface area contributed by atoms with Crippen molar-refractivity contribution in [1.82, 2.24) is 15.2 Å². The first-order valence-corrected chi connectivity index (χ1v) is 13.1. The molecule has 0 aliphatic carbocycles. The van der Waals surface area contributed by atoms with Crippen LogP contribution in [0.3, 0.4) is 0 Å². The summed E-state index contributed by atoms with van der Waals surface area (Å²) in [6, 6.07) is 2.14. The molecule has 10 heteroatoms. The van der Waals surface area contributed by atoms with E-state index in [-0.39, 0.29) is 12.5 Å². The summed E-state index contributed by atoms with van der Waals surface area (Å²) in [4.78, 5) is 34.4. The monoisotopic (exact) mass is 491 g/mol. The molecule has 3 heterocycles. The molecule has 0 radical (unpaired) electrons. The summed E-state index contributed by atoms with van der Waals surface area (Å²) in [5.41, 5.74) is 1.46. The number of pyridine rings is 1. The van der Waals surface area contributed by atoms with E-state index < -0.39 is 21.8 Å². The molecule has 2 atom stereocenters. The van der Waals surface area contributed by atoms with E-state index >= 15 is 0 Å². The summed E-state index contributed by atoms with van der Waals surface area (Å²) in [7, 11) is -0.209. The van der Waals surface area contributed by atoms with Crippen LogP contribution in [0.2, 0.25) is 0 Å². The van der Waals surface area contributed by atoms with Gasteiger partial charge in [-0.25, -0.2) is 14.0 Å². The van der Waals surface area contributed by atoms with Gasteiger partial charge in [0.2, 0.25) is 0 Å². The predicted octanol–water partition coefficient (Wildman–Crippen LogP) is 3.43. The van der Waals surface area contributed by atoms with Gasteiger partial charge in [-0.05, 0) is 65.9 Å². The molecule has 2 aliphatic heterocycles. The lowest BCUT2D eigenvalue weighted by Crippen LogP contribution is -2.37. The van der Waals surface area contributed by atoms with Crippen LogP contribution in [0, 0.1) is 0 Å². The molecule has 0 aromatic carbocycles. The number of anilines is 1. The van der Waals surface area contributed by atoms with Gasteiger partial charge in [0.25, 0.3) is 5.91 Å². The fourth-order valence-electron chi connectivity index (χ4n) is 4.22. The zero-order valence-electron chi connectivity index (χ0n) is 20.9. The van der Waals surface area contributed by atoms with Crippen molar-refractivity contribution in [3.05, 3.63) is 22.9 Å². The van der Waals surface area contributed by atoms with E-state index in [1.165, 1.54) is 13.3 Å². The number of hydrogen-bond acceptors (Lipinski definition) is 6. The Kier molecular flexibility index (Phi) is 8.67. The highest BCUT2D eigenvalue weighted by molar-refractivity contribution is 7.85. The topological polar surface area (TPSA) is 104 Å². The number of nitrogens with zero attached hydrogens (tertiary/aromatic N) is 4. The SMILES string of the molecule is COC(=O)NCc1nc(N2CCC[C@H]2C)cc(C(=O)N2CCCCC2)c1/C=N/S(=O)C(C)(C)C. The normalized spacial score (nSPS) is 20.0. The zero-order chi connectivity index (χ0) is 24.9. The van der Waals surface area contributed by atoms with Gasteiger partial charge in [0.1, 0.15) is 16.8 Å². The van der Waals surface area contributed by atoms with Crippen LogP contribution in [0.5, 0.6) is 0 Å². The lowest BCUT2D eigenvalue weighted by Gasteiger charge is -2.29. The number of aromatic nitrogens is 1. The molecule has 0 spiro atoms. The van der Waals surface area contributed by atoms with Gasteiger partial charge < -0.3 is 19.9 Å². The summed E-state index contributed by atoms with van der Waals surface area (Å²) < 4.78 is 21.1. The van der Waals surface area contributed by atoms with E-state index in [1.54, 1.807) is 0 Å². The molecule has 188 valence electrons. The number of ether oxygens (including phenoxy) is 1. The van der Waals surface area contributed by atoms with Crippen LogP contribution in [0.25, 0.3) is 0 Å². The third-order valence-corrected chi connectivity index (χ3v) is 7.58. The van der Waals surface area contributed by atoms with E-state index in [1.807, 2.05) is 31.7 Å². The van der Waals surface area contributed by atoms with Gasteiger partial charge in [0, 0.05) is 37.5 Å². The fraction of sp³-hybridized carbons (Fsp3) is 0.667. The van der Waals surface area contributed by atoms with Crippen LogP contribution >= 0.6 is 0 Å². The average Bonchev–Trinajstić information content (AvgIpc) is 3.25. The molecular weight excluding hydrogens is 454 g/mol. The van der Waals surface area contributed by atoms with Gasteiger partial charge in [-0.3, -0.25) is 4.79 Å². The second-order valence-electron chi connectivity index (χ2n) is 9.87. The molecule has 34 heavy (non-hydrogen) atoms. The maximum atomic E-state index is 13.7. The van der Waals surface area contributed by atoms with Gasteiger partial charge in [0.15, 0.2) is 0 Å². The van der Waals surface area contributed by atoms with Gasteiger partial charge >= 0.3 is 6.09 Å². The standard InChI is InChI=1S/C24H37N5O4S/c1-17-10-9-13-29(17)21-14-18(22(30)28-11-7-6-8-12-28)19(15-26-34(32)24(2,3)4)20(27-21)16-25-23(31)33-5/h14-15,17H,6-13,16H2,1-5H3,(H,25,31)/b26-15+/t17-,34?/m1/s1. The third kappa shape index (κ3) is 6.34. The number of carbonyl (C=O) groups is 2. The van der Waals surface area contributed by atoms with Crippen LogP contribution in [0.4, 0.5) is 10.6 Å². The molecule has 1 N–H and O–H groups in total. The van der Waals surface area contributed by atoms with Gasteiger partial charge in [-0.1, -0.05) is 0 Å². The zero-order valence-corrected chi connectivity index (χ0v) is 21.7. The lowest BCUT2D eigenvalue weighted by atomic mass is 10.0. The molecule has 3 rings (SSSR count). The van der Waals surface area contributed by atoms with Crippen LogP contribution in [0.15, 0.2) is 10.5 Å². The molecule has 9 nitrogen and oxygen atoms in total. The fourth-order valence-corrected chi connectivity index (χ4v) is 4.74. The second-order valence-corrected chi connectivity index (χ2v) is 11.8. The van der Waals surface area contributed by atoms with Gasteiger partial charge in [-0.2, -0.15) is 4.40 Å². The second kappa shape index (κ2) is 11.3. The molecule has 2 fully saturated rings. The van der Waals surface area contributed by atoms with Crippen molar-refractivity contribution >= 4 is 35.0 Å². The van der Waals surface area contributed by atoms with Crippen molar-refractivity contribution in [2.45, 2.75) is 77.1 Å². The number of likely N-dealkylation sites (tertiary alicyclic amines) is 1. The Labute approximate surface area is 204 Å². The summed E-state index contributed by atoms with van der Waals surface area (Å²) >= 11 is 0. The highest BCUT2D eigenvalue weighted by Crippen LogP contribution is 2.28. The van der Waals surface area contributed by atoms with Crippen LogP contribution in [-0.4, -0.2) is 69.8 Å². The predicted molar refractivity (Wildman–Crippen MR) is 135 cm³/mol. The van der Waals surface area contributed by atoms with Crippen molar-refractivity contribution in [3.8, 4) is 0 Å². The van der Waals surface area contributed by atoms with E-state index in [4.69, 9.17) is 9.72 Å². The molecule has 0 bridgehead atoms. The van der Waals surface area contributed by atoms with Crippen molar-refractivity contribution in [2.24, 2.45) is 4.40 Å². The number of nitrogens with one attached hydrogen (secondary N) is 1. The minimum Gasteiger partial charge on any atom is -0.453 e. The number of hydrogen-bond donors (Lipinski definition) is 1.